The summed E-state index contributed by atoms with van der Waals surface area (Å²) in [6.07, 6.45) is 4.54. The summed E-state index contributed by atoms with van der Waals surface area (Å²) < 4.78 is 91.1. The Bertz CT molecular complexity index is 2920. The molecule has 1 fully saturated rings. The van der Waals surface area contributed by atoms with E-state index >= 15 is 0 Å². The molecular weight excluding hydrogens is 919 g/mol. The number of nitro groups is 2. The first-order chi connectivity index (χ1) is 32.0. The number of aryl methyl sites for hydroxylation is 1. The van der Waals surface area contributed by atoms with Crippen molar-refractivity contribution in [3.8, 4) is 11.3 Å². The first-order valence-electron chi connectivity index (χ1n) is 21.4. The van der Waals surface area contributed by atoms with E-state index in [2.05, 4.69) is 10.5 Å². The van der Waals surface area contributed by atoms with Gasteiger partial charge in [0, 0.05) is 61.4 Å². The van der Waals surface area contributed by atoms with Crippen LogP contribution >= 0.6 is 0 Å². The smallest absolute Gasteiger partial charge is 0.296 e. The second-order valence-electron chi connectivity index (χ2n) is 16.0. The molecule has 23 heteroatoms. The highest BCUT2D eigenvalue weighted by molar-refractivity contribution is 7.86. The zero-order chi connectivity index (χ0) is 47.9. The van der Waals surface area contributed by atoms with Crippen LogP contribution in [0.15, 0.2) is 81.0 Å². The zero-order valence-corrected chi connectivity index (χ0v) is 37.6. The highest BCUT2D eigenvalue weighted by Crippen LogP contribution is 2.47. The molecule has 0 bridgehead atoms. The number of hydrogen-bond donors (Lipinski definition) is 3. The Balaban J connectivity index is 0.888. The highest BCUT2D eigenvalue weighted by atomic mass is 32.2. The van der Waals surface area contributed by atoms with Crippen molar-refractivity contribution < 1.29 is 64.1 Å². The van der Waals surface area contributed by atoms with Gasteiger partial charge in [0.05, 0.1) is 75.2 Å². The Morgan fingerprint density at radius 3 is 2.18 bits per heavy atom. The molecule has 21 nitrogen and oxygen atoms in total. The fourth-order valence-electron chi connectivity index (χ4n) is 8.28. The third kappa shape index (κ3) is 11.5. The summed E-state index contributed by atoms with van der Waals surface area (Å²) in [7, 11) is -9.92. The van der Waals surface area contributed by atoms with Gasteiger partial charge >= 0.3 is 0 Å². The number of ether oxygens (including phenoxy) is 3. The number of anilines is 3. The van der Waals surface area contributed by atoms with E-state index in [-0.39, 0.29) is 40.0 Å². The normalized spacial score (nSPS) is 14.9. The number of nitrogens with zero attached hydrogens (tertiary/aromatic N) is 4. The van der Waals surface area contributed by atoms with Crippen LogP contribution in [0, 0.1) is 26.1 Å². The van der Waals surface area contributed by atoms with Crippen LogP contribution in [0.5, 0.6) is 0 Å². The molecular formula is C44H47N5O16S2. The van der Waals surface area contributed by atoms with Gasteiger partial charge in [-0.1, -0.05) is 29.4 Å². The second-order valence-corrected chi connectivity index (χ2v) is 18.8. The topological polar surface area (TPSA) is 298 Å². The average molecular weight is 966 g/mol. The van der Waals surface area contributed by atoms with Crippen LogP contribution in [-0.2, 0) is 45.7 Å². The molecule has 1 aliphatic heterocycles. The Labute approximate surface area is 384 Å². The SMILES string of the molecule is O=C1c2ccccc2-c2onc3c(N4CCC[C@H](C(=O)CCCCOCCOCCOCCCCc5ccc([N+](=O)[O-])cc5[N+](=O)[O-])C4)cc(Nc4ccc(S(=O)(=O)O)cc4S(=O)(=O)O)c1c23. The minimum atomic E-state index is -5.07. The Kier molecular flexibility index (Phi) is 15.4. The summed E-state index contributed by atoms with van der Waals surface area (Å²) in [6, 6.07) is 14.6. The number of ketones is 2. The van der Waals surface area contributed by atoms with Crippen LogP contribution in [-0.4, -0.2) is 105 Å². The summed E-state index contributed by atoms with van der Waals surface area (Å²) >= 11 is 0. The van der Waals surface area contributed by atoms with Gasteiger partial charge in [-0.15, -0.1) is 0 Å². The summed E-state index contributed by atoms with van der Waals surface area (Å²) in [4.78, 5) is 49.0. The van der Waals surface area contributed by atoms with Crippen molar-refractivity contribution in [2.24, 2.45) is 5.92 Å². The molecule has 2 heterocycles. The molecule has 1 aromatic heterocycles. The van der Waals surface area contributed by atoms with Gasteiger partial charge in [0.25, 0.3) is 31.6 Å². The maximum absolute atomic E-state index is 14.2. The fourth-order valence-corrected chi connectivity index (χ4v) is 9.54. The Hall–Kier alpha value is -6.21. The predicted octanol–water partition coefficient (Wildman–Crippen LogP) is 7.12. The average Bonchev–Trinajstić information content (AvgIpc) is 3.74. The van der Waals surface area contributed by atoms with E-state index in [1.165, 1.54) is 12.1 Å². The van der Waals surface area contributed by atoms with Crippen LogP contribution in [0.3, 0.4) is 0 Å². The number of aromatic nitrogens is 1. The summed E-state index contributed by atoms with van der Waals surface area (Å²) in [5, 5.41) is 29.9. The standard InChI is InChI=1S/C44H47N5O16S2/c50-38(12-4-6-19-63-21-23-64-22-20-62-18-5-3-8-28-13-14-30(48(52)53)24-36(28)49(54)55)29-9-7-17-47(27-29)37-26-35(45-34-16-15-31(66(56,57)58)25-39(34)67(59,60)61)40-41-42(37)46-65-44(41)33-11-2-1-10-32(33)43(40)51/h1-2,10-11,13-16,24-26,29,45H,3-9,12,17-23,27H2,(H,56,57,58)(H,59,60,61)/t29-/m0/s1. The lowest BCUT2D eigenvalue weighted by Gasteiger charge is -2.34. The summed E-state index contributed by atoms with van der Waals surface area (Å²) in [6.45, 7) is 3.12. The van der Waals surface area contributed by atoms with Crippen molar-refractivity contribution in [1.29, 1.82) is 0 Å². The molecule has 0 radical (unpaired) electrons. The molecule has 356 valence electrons. The Morgan fingerprint density at radius 1 is 0.821 bits per heavy atom. The minimum absolute atomic E-state index is 0.0784. The van der Waals surface area contributed by atoms with E-state index in [1.807, 2.05) is 4.90 Å². The van der Waals surface area contributed by atoms with Crippen molar-refractivity contribution in [3.05, 3.63) is 104 Å². The minimum Gasteiger partial charge on any atom is -0.379 e. The first kappa shape index (κ1) is 48.7. The molecule has 4 aromatic carbocycles. The van der Waals surface area contributed by atoms with Gasteiger partial charge in [0.1, 0.15) is 16.2 Å². The number of fused-ring (bicyclic) bond motifs is 2. The number of benzene rings is 4. The van der Waals surface area contributed by atoms with Crippen molar-refractivity contribution >= 4 is 71.1 Å². The van der Waals surface area contributed by atoms with Crippen LogP contribution in [0.2, 0.25) is 0 Å². The lowest BCUT2D eigenvalue weighted by atomic mass is 9.85. The third-order valence-electron chi connectivity index (χ3n) is 11.6. The molecule has 0 saturated carbocycles. The number of non-ortho nitro benzene ring substituents is 1. The maximum Gasteiger partial charge on any atom is 0.296 e. The zero-order valence-electron chi connectivity index (χ0n) is 36.0. The molecule has 1 saturated heterocycles. The van der Waals surface area contributed by atoms with E-state index in [9.17, 15) is 55.8 Å². The van der Waals surface area contributed by atoms with E-state index < -0.39 is 45.7 Å². The van der Waals surface area contributed by atoms with Crippen LogP contribution in [0.25, 0.3) is 22.2 Å². The molecule has 1 atom stereocenters. The van der Waals surface area contributed by atoms with Gasteiger partial charge in [-0.25, -0.2) is 0 Å². The molecule has 7 rings (SSSR count). The van der Waals surface area contributed by atoms with Gasteiger partial charge in [0.15, 0.2) is 11.5 Å². The molecule has 0 unspecified atom stereocenters. The predicted molar refractivity (Wildman–Crippen MR) is 241 cm³/mol. The molecule has 0 spiro atoms. The van der Waals surface area contributed by atoms with E-state index in [4.69, 9.17) is 18.7 Å². The van der Waals surface area contributed by atoms with Gasteiger partial charge < -0.3 is 29.0 Å². The van der Waals surface area contributed by atoms with E-state index in [0.29, 0.717) is 149 Å². The van der Waals surface area contributed by atoms with Crippen molar-refractivity contribution in [1.82, 2.24) is 5.16 Å². The van der Waals surface area contributed by atoms with Crippen LogP contribution < -0.4 is 10.2 Å². The quantitative estimate of drug-likeness (QED) is 0.0235. The maximum atomic E-state index is 14.2. The molecule has 1 aliphatic carbocycles. The number of carbonyl (C=O) groups is 2. The molecule has 2 aliphatic rings. The van der Waals surface area contributed by atoms with Crippen molar-refractivity contribution in [2.45, 2.75) is 61.2 Å². The lowest BCUT2D eigenvalue weighted by Crippen LogP contribution is -2.39. The van der Waals surface area contributed by atoms with Crippen LogP contribution in [0.4, 0.5) is 28.4 Å². The Morgan fingerprint density at radius 2 is 1.51 bits per heavy atom. The first-order valence-corrected chi connectivity index (χ1v) is 24.3. The van der Waals surface area contributed by atoms with E-state index in [0.717, 1.165) is 18.2 Å². The number of unbranched alkanes of at least 4 members (excludes halogenated alkanes) is 2. The molecule has 67 heavy (non-hydrogen) atoms. The lowest BCUT2D eigenvalue weighted by molar-refractivity contribution is -0.394. The second kappa shape index (κ2) is 21.2. The monoisotopic (exact) mass is 965 g/mol. The third-order valence-corrected chi connectivity index (χ3v) is 13.3. The van der Waals surface area contributed by atoms with Gasteiger partial charge in [-0.3, -0.25) is 38.9 Å². The van der Waals surface area contributed by atoms with Crippen molar-refractivity contribution in [3.63, 3.8) is 0 Å². The highest BCUT2D eigenvalue weighted by Gasteiger charge is 2.36. The molecule has 3 N–H and O–H groups in total. The summed E-state index contributed by atoms with van der Waals surface area (Å²) in [5.41, 5.74) is 1.41. The summed E-state index contributed by atoms with van der Waals surface area (Å²) in [5.74, 6) is -0.371. The van der Waals surface area contributed by atoms with Gasteiger partial charge in [0.2, 0.25) is 0 Å². The number of piperidine rings is 1. The fraction of sp³-hybridized carbons (Fsp3) is 0.386. The molecule has 0 amide bonds. The number of nitro benzene ring substituents is 2. The van der Waals surface area contributed by atoms with E-state index in [1.54, 1.807) is 30.3 Å². The largest absolute Gasteiger partial charge is 0.379 e. The van der Waals surface area contributed by atoms with Gasteiger partial charge in [-0.05, 0) is 75.3 Å². The number of rotatable bonds is 24. The number of hydrogen-bond acceptors (Lipinski definition) is 17. The van der Waals surface area contributed by atoms with Gasteiger partial charge in [-0.2, -0.15) is 16.8 Å². The molecule has 5 aromatic rings. The number of Topliss-reactive ketones (excluding diaryl/α,β-unsaturated/α-hetero) is 1. The van der Waals surface area contributed by atoms with Crippen LogP contribution in [0.1, 0.15) is 66.4 Å². The number of nitrogens with one attached hydrogen (secondary N) is 1. The number of carbonyl (C=O) groups excluding carboxylic acids is 2. The van der Waals surface area contributed by atoms with Crippen molar-refractivity contribution in [2.75, 3.05) is 62.9 Å².